The molecule has 11 heteroatoms. The summed E-state index contributed by atoms with van der Waals surface area (Å²) in [5.41, 5.74) is 3.94. The fourth-order valence-corrected chi connectivity index (χ4v) is 5.22. The molecule has 3 N–H and O–H groups in total. The molecule has 0 aliphatic carbocycles. The van der Waals surface area contributed by atoms with E-state index in [1.807, 2.05) is 24.3 Å². The van der Waals surface area contributed by atoms with Crippen molar-refractivity contribution in [3.8, 4) is 11.5 Å². The van der Waals surface area contributed by atoms with Crippen molar-refractivity contribution in [3.63, 3.8) is 0 Å². The molecule has 1 heterocycles. The average Bonchev–Trinajstić information content (AvgIpc) is 3.16. The first kappa shape index (κ1) is 21.4. The van der Waals surface area contributed by atoms with Gasteiger partial charge in [0, 0.05) is 15.9 Å². The van der Waals surface area contributed by atoms with Crippen molar-refractivity contribution in [2.45, 2.75) is 14.4 Å². The highest BCUT2D eigenvalue weighted by atomic mass is 35.5. The maximum Gasteiger partial charge on any atom is 0.323 e. The summed E-state index contributed by atoms with van der Waals surface area (Å²) in [4.78, 5) is 11.9. The number of aromatic hydroxyl groups is 1. The van der Waals surface area contributed by atoms with Crippen LogP contribution < -0.4 is 15.6 Å². The highest BCUT2D eigenvalue weighted by molar-refractivity contribution is 8.03. The monoisotopic (exact) mass is 466 g/mol. The van der Waals surface area contributed by atoms with E-state index in [4.69, 9.17) is 11.6 Å². The van der Waals surface area contributed by atoms with E-state index in [0.717, 1.165) is 25.0 Å². The summed E-state index contributed by atoms with van der Waals surface area (Å²) >= 11 is 10.5. The lowest BCUT2D eigenvalue weighted by molar-refractivity contribution is -0.492. The predicted molar refractivity (Wildman–Crippen MR) is 114 cm³/mol. The standard InChI is InChI=1S/C18H15ClN4O3S3/c19-13-4-2-1-3-12(13)9-27-17-22-23-18(29-17)28-10-16(26)21-20-8-11-5-6-14(24)15(25)7-11/h1-8,24-25H,9-10H2,(H,21,26)/b20-8+. The van der Waals surface area contributed by atoms with Crippen LogP contribution in [0.15, 0.2) is 56.2 Å². The van der Waals surface area contributed by atoms with E-state index >= 15 is 0 Å². The minimum atomic E-state index is -0.466. The Hall–Kier alpha value is -2.27. The second kappa shape index (κ2) is 10.5. The summed E-state index contributed by atoms with van der Waals surface area (Å²) in [6.07, 6.45) is 1.35. The number of nitrogens with one attached hydrogen (secondary N) is 2. The zero-order chi connectivity index (χ0) is 20.6. The molecule has 0 fully saturated rings. The Bertz CT molecular complexity index is 1030. The van der Waals surface area contributed by atoms with Crippen LogP contribution in [0, 0.1) is 0 Å². The molecule has 0 unspecified atom stereocenters. The number of thioether (sulfide) groups is 2. The van der Waals surface area contributed by atoms with E-state index in [2.05, 4.69) is 20.7 Å². The maximum atomic E-state index is 11.9. The van der Waals surface area contributed by atoms with Crippen LogP contribution in [0.5, 0.6) is 11.5 Å². The molecule has 0 aliphatic rings. The number of halogens is 1. The maximum absolute atomic E-state index is 11.9. The van der Waals surface area contributed by atoms with E-state index < -0.39 is 5.75 Å². The molecule has 0 saturated carbocycles. The van der Waals surface area contributed by atoms with Crippen LogP contribution in [-0.4, -0.2) is 28.1 Å². The highest BCUT2D eigenvalue weighted by Crippen LogP contribution is 2.30. The quantitative estimate of drug-likeness (QED) is 0.300. The molecule has 3 rings (SSSR count). The van der Waals surface area contributed by atoms with Gasteiger partial charge < -0.3 is 10.2 Å². The Morgan fingerprint density at radius 2 is 2.17 bits per heavy atom. The van der Waals surface area contributed by atoms with Crippen LogP contribution in [0.2, 0.25) is 5.02 Å². The van der Waals surface area contributed by atoms with Crippen molar-refractivity contribution in [2.24, 2.45) is 5.10 Å². The van der Waals surface area contributed by atoms with Crippen LogP contribution in [0.3, 0.4) is 0 Å². The number of phenols is 1. The molecule has 0 saturated heterocycles. The SMILES string of the molecule is O=C(CSc1n[nH+]c(SCc2ccccc2Cl)s1)N/N=C/c1ccc([O-])c(O)c1. The molecule has 0 bridgehead atoms. The van der Waals surface area contributed by atoms with Crippen molar-refractivity contribution in [2.75, 3.05) is 5.75 Å². The topological polar surface area (TPSA) is 112 Å². The third-order valence-corrected chi connectivity index (χ3v) is 7.12. The Balaban J connectivity index is 1.43. The molecule has 1 amide bonds. The molecule has 0 aliphatic heterocycles. The number of aromatic nitrogens is 2. The van der Waals surface area contributed by atoms with Crippen molar-refractivity contribution in [1.29, 1.82) is 0 Å². The second-order valence-corrected chi connectivity index (χ2v) is 9.44. The summed E-state index contributed by atoms with van der Waals surface area (Å²) < 4.78 is 1.66. The van der Waals surface area contributed by atoms with Gasteiger partial charge in [-0.2, -0.15) is 5.10 Å². The van der Waals surface area contributed by atoms with E-state index in [9.17, 15) is 15.0 Å². The summed E-state index contributed by atoms with van der Waals surface area (Å²) in [5.74, 6) is -0.249. The smallest absolute Gasteiger partial charge is 0.323 e. The number of hydrogen-bond donors (Lipinski definition) is 2. The molecule has 1 aromatic heterocycles. The van der Waals surface area contributed by atoms with Gasteiger partial charge in [0.25, 0.3) is 5.91 Å². The van der Waals surface area contributed by atoms with Gasteiger partial charge in [-0.1, -0.05) is 64.5 Å². The summed E-state index contributed by atoms with van der Waals surface area (Å²) in [5, 5.41) is 32.2. The third-order valence-electron chi connectivity index (χ3n) is 3.45. The zero-order valence-corrected chi connectivity index (χ0v) is 18.0. The van der Waals surface area contributed by atoms with Gasteiger partial charge in [-0.05, 0) is 46.4 Å². The van der Waals surface area contributed by atoms with Gasteiger partial charge in [-0.15, -0.1) is 0 Å². The lowest BCUT2D eigenvalue weighted by Crippen LogP contribution is -2.19. The highest BCUT2D eigenvalue weighted by Gasteiger charge is 2.14. The molecule has 0 radical (unpaired) electrons. The van der Waals surface area contributed by atoms with Crippen molar-refractivity contribution < 1.29 is 20.1 Å². The van der Waals surface area contributed by atoms with E-state index in [1.165, 1.54) is 47.5 Å². The van der Waals surface area contributed by atoms with Gasteiger partial charge in [0.15, 0.2) is 0 Å². The minimum Gasteiger partial charge on any atom is -0.870 e. The third kappa shape index (κ3) is 6.64. The molecule has 3 aromatic rings. The fraction of sp³-hybridized carbons (Fsp3) is 0.111. The number of carbonyl (C=O) groups excluding carboxylic acids is 1. The fourth-order valence-electron chi connectivity index (χ4n) is 2.05. The number of phenolic OH excluding ortho intramolecular Hbond substituents is 1. The normalized spacial score (nSPS) is 11.1. The minimum absolute atomic E-state index is 0.151. The summed E-state index contributed by atoms with van der Waals surface area (Å²) in [6.45, 7) is 0. The van der Waals surface area contributed by atoms with Gasteiger partial charge in [-0.25, -0.2) is 5.43 Å². The number of hydrogen-bond acceptors (Lipinski definition) is 8. The summed E-state index contributed by atoms with van der Waals surface area (Å²) in [6, 6.07) is 11.7. The Labute approximate surface area is 184 Å². The Morgan fingerprint density at radius 1 is 1.34 bits per heavy atom. The van der Waals surface area contributed by atoms with E-state index in [-0.39, 0.29) is 17.4 Å². The Kier molecular flexibility index (Phi) is 7.76. The van der Waals surface area contributed by atoms with Crippen LogP contribution in [-0.2, 0) is 10.5 Å². The molecular weight excluding hydrogens is 452 g/mol. The number of hydrazone groups is 1. The average molecular weight is 467 g/mol. The van der Waals surface area contributed by atoms with Gasteiger partial charge in [-0.3, -0.25) is 4.79 Å². The van der Waals surface area contributed by atoms with Crippen LogP contribution >= 0.6 is 46.5 Å². The van der Waals surface area contributed by atoms with Gasteiger partial charge in [0.1, 0.15) is 5.75 Å². The van der Waals surface area contributed by atoms with Crippen molar-refractivity contribution in [3.05, 3.63) is 58.6 Å². The number of carbonyl (C=O) groups is 1. The largest absolute Gasteiger partial charge is 0.870 e. The molecular formula is C18H15ClN4O3S3. The van der Waals surface area contributed by atoms with E-state index in [0.29, 0.717) is 5.56 Å². The first-order valence-corrected chi connectivity index (χ1v) is 11.4. The van der Waals surface area contributed by atoms with E-state index in [1.54, 1.807) is 11.8 Å². The van der Waals surface area contributed by atoms with Gasteiger partial charge in [0.2, 0.25) is 4.34 Å². The van der Waals surface area contributed by atoms with Gasteiger partial charge in [0.05, 0.1) is 12.0 Å². The van der Waals surface area contributed by atoms with Crippen LogP contribution in [0.25, 0.3) is 0 Å². The van der Waals surface area contributed by atoms with Crippen molar-refractivity contribution in [1.82, 2.24) is 10.5 Å². The second-order valence-electron chi connectivity index (χ2n) is 5.57. The molecule has 2 aromatic carbocycles. The first-order chi connectivity index (χ1) is 14.0. The number of rotatable bonds is 8. The molecule has 0 spiro atoms. The first-order valence-electron chi connectivity index (χ1n) is 8.20. The lowest BCUT2D eigenvalue weighted by Gasteiger charge is -2.07. The van der Waals surface area contributed by atoms with Crippen molar-refractivity contribution >= 4 is 58.6 Å². The molecule has 150 valence electrons. The number of amides is 1. The predicted octanol–water partition coefficient (Wildman–Crippen LogP) is 2.92. The summed E-state index contributed by atoms with van der Waals surface area (Å²) in [7, 11) is 0. The number of benzene rings is 2. The molecule has 29 heavy (non-hydrogen) atoms. The molecule has 0 atom stereocenters. The molecule has 7 nitrogen and oxygen atoms in total. The van der Waals surface area contributed by atoms with Gasteiger partial charge >= 0.3 is 4.34 Å². The zero-order valence-electron chi connectivity index (χ0n) is 14.8. The number of nitrogens with zero attached hydrogens (tertiary/aromatic N) is 2. The lowest BCUT2D eigenvalue weighted by atomic mass is 10.2. The number of aromatic amines is 1. The van der Waals surface area contributed by atoms with Crippen LogP contribution in [0.4, 0.5) is 0 Å². The van der Waals surface area contributed by atoms with Crippen LogP contribution in [0.1, 0.15) is 11.1 Å². The number of H-pyrrole nitrogens is 1. The Morgan fingerprint density at radius 3 is 2.97 bits per heavy atom.